The third-order valence-electron chi connectivity index (χ3n) is 9.85. The first kappa shape index (κ1) is 56.9. The molecule has 3 atom stereocenters. The highest BCUT2D eigenvalue weighted by molar-refractivity contribution is 7.47. The summed E-state index contributed by atoms with van der Waals surface area (Å²) in [6.45, 7) is 2.12. The van der Waals surface area contributed by atoms with E-state index in [-0.39, 0.29) is 45.5 Å². The highest BCUT2D eigenvalue weighted by Gasteiger charge is 2.29. The number of carbonyl (C=O) groups is 4. The van der Waals surface area contributed by atoms with Crippen LogP contribution < -0.4 is 0 Å². The van der Waals surface area contributed by atoms with Crippen molar-refractivity contribution in [1.29, 1.82) is 0 Å². The number of phosphoric acid groups is 1. The molecule has 0 aromatic rings. The minimum absolute atomic E-state index is 0.0173. The van der Waals surface area contributed by atoms with Crippen LogP contribution in [0.25, 0.3) is 0 Å². The van der Waals surface area contributed by atoms with Crippen molar-refractivity contribution in [1.82, 2.24) is 0 Å². The Morgan fingerprint density at radius 1 is 0.407 bits per heavy atom. The molecule has 59 heavy (non-hydrogen) atoms. The van der Waals surface area contributed by atoms with E-state index in [0.717, 1.165) is 38.5 Å². The number of aliphatic hydroxyl groups excluding tert-OH is 2. The molecule has 0 amide bonds. The Labute approximate surface area is 356 Å². The van der Waals surface area contributed by atoms with Crippen molar-refractivity contribution in [3.05, 3.63) is 0 Å². The fourth-order valence-corrected chi connectivity index (χ4v) is 7.04. The van der Waals surface area contributed by atoms with Crippen molar-refractivity contribution >= 4 is 31.7 Å². The molecule has 0 heterocycles. The Morgan fingerprint density at radius 3 is 0.983 bits per heavy atom. The number of carbonyl (C=O) groups excluding carboxylic acids is 4. The summed E-state index contributed by atoms with van der Waals surface area (Å²) < 4.78 is 44.6. The second-order valence-electron chi connectivity index (χ2n) is 15.6. The zero-order chi connectivity index (χ0) is 43.7. The van der Waals surface area contributed by atoms with Crippen LogP contribution in [0.4, 0.5) is 0 Å². The highest BCUT2D eigenvalue weighted by Crippen LogP contribution is 2.43. The first-order chi connectivity index (χ1) is 28.6. The van der Waals surface area contributed by atoms with Crippen LogP contribution in [0, 0.1) is 0 Å². The van der Waals surface area contributed by atoms with Crippen LogP contribution in [-0.2, 0) is 51.7 Å². The minimum atomic E-state index is -4.84. The summed E-state index contributed by atoms with van der Waals surface area (Å²) in [4.78, 5) is 60.3. The molecule has 3 N–H and O–H groups in total. The van der Waals surface area contributed by atoms with Gasteiger partial charge in [-0.25, -0.2) is 4.57 Å². The van der Waals surface area contributed by atoms with Crippen LogP contribution in [0.2, 0.25) is 0 Å². The maximum atomic E-state index is 12.9. The smallest absolute Gasteiger partial charge is 0.462 e. The van der Waals surface area contributed by atoms with Crippen LogP contribution in [0.15, 0.2) is 0 Å². The predicted molar refractivity (Wildman–Crippen MR) is 227 cm³/mol. The first-order valence-electron chi connectivity index (χ1n) is 23.1. The molecule has 0 spiro atoms. The number of phosphoric ester groups is 1. The quantitative estimate of drug-likeness (QED) is 0.0226. The topological polar surface area (TPSA) is 201 Å². The van der Waals surface area contributed by atoms with Crippen molar-refractivity contribution < 1.29 is 66.8 Å². The van der Waals surface area contributed by atoms with Gasteiger partial charge in [-0.2, -0.15) is 0 Å². The van der Waals surface area contributed by atoms with E-state index in [1.54, 1.807) is 0 Å². The largest absolute Gasteiger partial charge is 0.472 e. The van der Waals surface area contributed by atoms with Gasteiger partial charge in [0.05, 0.1) is 13.2 Å². The molecule has 0 aromatic heterocycles. The number of aliphatic hydroxyl groups is 2. The third-order valence-corrected chi connectivity index (χ3v) is 10.8. The van der Waals surface area contributed by atoms with E-state index in [9.17, 15) is 28.6 Å². The Kier molecular flexibility index (Phi) is 39.8. The van der Waals surface area contributed by atoms with Gasteiger partial charge in [0.2, 0.25) is 0 Å². The fraction of sp³-hybridized carbons (Fsp3) is 0.909. The van der Waals surface area contributed by atoms with E-state index in [4.69, 9.17) is 38.2 Å². The summed E-state index contributed by atoms with van der Waals surface area (Å²) in [6.07, 6.45) is 24.3. The van der Waals surface area contributed by atoms with Crippen molar-refractivity contribution in [3.8, 4) is 0 Å². The van der Waals surface area contributed by atoms with Crippen molar-refractivity contribution in [2.75, 3.05) is 39.6 Å². The van der Waals surface area contributed by atoms with Crippen molar-refractivity contribution in [2.24, 2.45) is 0 Å². The Bertz CT molecular complexity index is 1070. The summed E-state index contributed by atoms with van der Waals surface area (Å²) in [7, 11) is -4.84. The van der Waals surface area contributed by atoms with Gasteiger partial charge in [0.1, 0.15) is 13.2 Å². The summed E-state index contributed by atoms with van der Waals surface area (Å²) in [5, 5.41) is 17.9. The Hall–Kier alpha value is -2.09. The van der Waals surface area contributed by atoms with Crippen molar-refractivity contribution in [3.63, 3.8) is 0 Å². The molecule has 0 saturated carbocycles. The molecule has 0 rings (SSSR count). The second kappa shape index (κ2) is 41.3. The molecule has 0 fully saturated rings. The molecule has 14 nitrogen and oxygen atoms in total. The molecule has 348 valence electrons. The maximum Gasteiger partial charge on any atom is 0.472 e. The molecule has 0 saturated heterocycles. The van der Waals surface area contributed by atoms with Gasteiger partial charge >= 0.3 is 31.7 Å². The summed E-state index contributed by atoms with van der Waals surface area (Å²) in [5.74, 6) is -2.31. The molecule has 0 bridgehead atoms. The van der Waals surface area contributed by atoms with Gasteiger partial charge in [-0.1, -0.05) is 142 Å². The summed E-state index contributed by atoms with van der Waals surface area (Å²) in [5.41, 5.74) is 0. The van der Waals surface area contributed by atoms with E-state index in [0.29, 0.717) is 38.5 Å². The molecule has 0 aliphatic heterocycles. The number of hydrogen-bond acceptors (Lipinski definition) is 13. The van der Waals surface area contributed by atoms with Gasteiger partial charge in [0.15, 0.2) is 12.2 Å². The van der Waals surface area contributed by atoms with Crippen LogP contribution in [-0.4, -0.2) is 90.8 Å². The molecule has 0 aliphatic rings. The van der Waals surface area contributed by atoms with Gasteiger partial charge in [0, 0.05) is 38.9 Å². The summed E-state index contributed by atoms with van der Waals surface area (Å²) >= 11 is 0. The van der Waals surface area contributed by atoms with E-state index in [2.05, 4.69) is 13.8 Å². The predicted octanol–water partition coefficient (Wildman–Crippen LogP) is 9.76. The molecule has 0 radical (unpaired) electrons. The normalized spacial score (nSPS) is 13.4. The van der Waals surface area contributed by atoms with E-state index in [1.165, 1.54) is 89.9 Å². The maximum absolute atomic E-state index is 12.9. The standard InChI is InChI=1S/C44H83O14P/c1-3-5-7-9-11-13-15-17-19-21-23-29-41(47)53-35-39(57-43(49)31-24-22-20-18-16-14-12-10-8-6-4-2)37-55-59(51,52)56-38-40(58-44(50)32-26-28-34-46)36-54-42(48)30-25-27-33-45/h39-40,45-46H,3-38H2,1-2H3,(H,51,52)/t39-,40?/m1/s1. The van der Waals surface area contributed by atoms with E-state index >= 15 is 0 Å². The van der Waals surface area contributed by atoms with Gasteiger partial charge in [-0.3, -0.25) is 28.2 Å². The third kappa shape index (κ3) is 39.8. The number of esters is 4. The van der Waals surface area contributed by atoms with Gasteiger partial charge in [-0.15, -0.1) is 0 Å². The Morgan fingerprint density at radius 2 is 0.678 bits per heavy atom. The fourth-order valence-electron chi connectivity index (χ4n) is 6.26. The number of hydrogen-bond donors (Lipinski definition) is 3. The average Bonchev–Trinajstić information content (AvgIpc) is 3.21. The molecule has 0 aromatic carbocycles. The van der Waals surface area contributed by atoms with Crippen LogP contribution in [0.5, 0.6) is 0 Å². The van der Waals surface area contributed by atoms with E-state index < -0.39 is 63.7 Å². The lowest BCUT2D eigenvalue weighted by Gasteiger charge is -2.22. The SMILES string of the molecule is CCCCCCCCCCCCCC(=O)OC[C@H](COP(=O)(O)OCC(COC(=O)CCCCO)OC(=O)CCCCO)OC(=O)CCCCCCCCCCCCC. The number of unbranched alkanes of at least 4 members (excludes halogenated alkanes) is 22. The van der Waals surface area contributed by atoms with Crippen LogP contribution >= 0.6 is 7.82 Å². The first-order valence-corrected chi connectivity index (χ1v) is 24.6. The molecule has 2 unspecified atom stereocenters. The minimum Gasteiger partial charge on any atom is -0.462 e. The van der Waals surface area contributed by atoms with Gasteiger partial charge < -0.3 is 34.1 Å². The number of ether oxygens (including phenoxy) is 4. The number of rotatable bonds is 44. The Balaban J connectivity index is 5.09. The average molecular weight is 867 g/mol. The monoisotopic (exact) mass is 867 g/mol. The zero-order valence-electron chi connectivity index (χ0n) is 36.9. The molecular weight excluding hydrogens is 783 g/mol. The lowest BCUT2D eigenvalue weighted by molar-refractivity contribution is -0.162. The molecule has 0 aliphatic carbocycles. The lowest BCUT2D eigenvalue weighted by Crippen LogP contribution is -2.31. The van der Waals surface area contributed by atoms with Crippen LogP contribution in [0.1, 0.15) is 206 Å². The highest BCUT2D eigenvalue weighted by atomic mass is 31.2. The molecular formula is C44H83O14P. The lowest BCUT2D eigenvalue weighted by atomic mass is 10.1. The summed E-state index contributed by atoms with van der Waals surface area (Å²) in [6, 6.07) is 0. The van der Waals surface area contributed by atoms with Crippen molar-refractivity contribution in [2.45, 2.75) is 219 Å². The van der Waals surface area contributed by atoms with Gasteiger partial charge in [-0.05, 0) is 38.5 Å². The van der Waals surface area contributed by atoms with E-state index in [1.807, 2.05) is 0 Å². The molecule has 15 heteroatoms. The zero-order valence-corrected chi connectivity index (χ0v) is 37.8. The van der Waals surface area contributed by atoms with Gasteiger partial charge in [0.25, 0.3) is 0 Å². The second-order valence-corrected chi connectivity index (χ2v) is 17.0. The van der Waals surface area contributed by atoms with Crippen LogP contribution in [0.3, 0.4) is 0 Å².